The van der Waals surface area contributed by atoms with Crippen molar-refractivity contribution in [3.8, 4) is 11.5 Å². The molecule has 170 valence electrons. The maximum Gasteiger partial charge on any atom is 0.414 e. The van der Waals surface area contributed by atoms with Gasteiger partial charge in [-0.2, -0.15) is 0 Å². The summed E-state index contributed by atoms with van der Waals surface area (Å²) in [6, 6.07) is 10.3. The minimum Gasteiger partial charge on any atom is -0.493 e. The number of carboxylic acids is 2. The molecule has 3 rings (SSSR count). The zero-order chi connectivity index (χ0) is 23.7. The van der Waals surface area contributed by atoms with Gasteiger partial charge in [0.15, 0.2) is 11.5 Å². The lowest BCUT2D eigenvalue weighted by Crippen LogP contribution is -2.09. The van der Waals surface area contributed by atoms with Crippen molar-refractivity contribution in [2.24, 2.45) is 0 Å². The molecule has 0 aliphatic heterocycles. The molecule has 0 aliphatic carbocycles. The van der Waals surface area contributed by atoms with Gasteiger partial charge in [0.2, 0.25) is 0 Å². The number of rotatable bonds is 7. The highest BCUT2D eigenvalue weighted by Crippen LogP contribution is 2.28. The molecule has 0 saturated carbocycles. The number of methoxy groups -OCH3 is 1. The SMILES string of the molecule is C/C=C/c1ccc(OCCCn2cnc3cc(C)c(C)cc32)c(OC)c1.O=C(O)C(=O)O. The number of carbonyl (C=O) groups is 2. The van der Waals surface area contributed by atoms with Gasteiger partial charge in [-0.15, -0.1) is 0 Å². The lowest BCUT2D eigenvalue weighted by molar-refractivity contribution is -0.159. The molecular weight excluding hydrogens is 412 g/mol. The first kappa shape index (κ1) is 24.5. The summed E-state index contributed by atoms with van der Waals surface area (Å²) in [7, 11) is 1.67. The first-order chi connectivity index (χ1) is 15.3. The van der Waals surface area contributed by atoms with Gasteiger partial charge >= 0.3 is 11.9 Å². The van der Waals surface area contributed by atoms with Gasteiger partial charge in [-0.3, -0.25) is 0 Å². The lowest BCUT2D eigenvalue weighted by atomic mass is 10.1. The number of hydrogen-bond acceptors (Lipinski definition) is 5. The Morgan fingerprint density at radius 2 is 1.75 bits per heavy atom. The normalized spacial score (nSPS) is 10.6. The molecule has 2 aromatic carbocycles. The van der Waals surface area contributed by atoms with E-state index in [0.29, 0.717) is 6.61 Å². The molecule has 8 nitrogen and oxygen atoms in total. The molecule has 0 bridgehead atoms. The van der Waals surface area contributed by atoms with Gasteiger partial charge in [0, 0.05) is 6.54 Å². The number of aliphatic carboxylic acids is 2. The number of hydrogen-bond donors (Lipinski definition) is 2. The molecule has 0 spiro atoms. The third-order valence-corrected chi connectivity index (χ3v) is 4.77. The predicted molar refractivity (Wildman–Crippen MR) is 122 cm³/mol. The van der Waals surface area contributed by atoms with E-state index >= 15 is 0 Å². The fraction of sp³-hybridized carbons (Fsp3) is 0.292. The number of benzene rings is 2. The van der Waals surface area contributed by atoms with Gasteiger partial charge < -0.3 is 24.3 Å². The number of carboxylic acid groups (broad SMARTS) is 2. The zero-order valence-corrected chi connectivity index (χ0v) is 18.7. The van der Waals surface area contributed by atoms with Crippen molar-refractivity contribution >= 4 is 29.0 Å². The van der Waals surface area contributed by atoms with Crippen LogP contribution in [0, 0.1) is 13.8 Å². The Morgan fingerprint density at radius 3 is 2.38 bits per heavy atom. The summed E-state index contributed by atoms with van der Waals surface area (Å²) in [5.41, 5.74) is 5.91. The van der Waals surface area contributed by atoms with Crippen LogP contribution in [-0.4, -0.2) is 45.4 Å². The van der Waals surface area contributed by atoms with Crippen LogP contribution in [0.25, 0.3) is 17.1 Å². The van der Waals surface area contributed by atoms with Crippen molar-refractivity contribution in [2.75, 3.05) is 13.7 Å². The summed E-state index contributed by atoms with van der Waals surface area (Å²) in [5.74, 6) is -2.10. The Balaban J connectivity index is 0.000000534. The maximum atomic E-state index is 9.10. The molecule has 0 saturated heterocycles. The summed E-state index contributed by atoms with van der Waals surface area (Å²) in [4.78, 5) is 22.7. The Labute approximate surface area is 186 Å². The van der Waals surface area contributed by atoms with Crippen molar-refractivity contribution in [1.82, 2.24) is 9.55 Å². The molecule has 0 aliphatic rings. The number of fused-ring (bicyclic) bond motifs is 1. The maximum absolute atomic E-state index is 9.10. The molecule has 8 heteroatoms. The van der Waals surface area contributed by atoms with Crippen molar-refractivity contribution in [3.63, 3.8) is 0 Å². The lowest BCUT2D eigenvalue weighted by Gasteiger charge is -2.12. The standard InChI is InChI=1S/C22H26N2O2.C2H2O4/c1-5-7-18-8-9-21(22(14-18)25-4)26-11-6-10-24-15-23-19-12-16(2)17(3)13-20(19)24;3-1(4)2(5)6/h5,7-9,12-15H,6,10-11H2,1-4H3;(H,3,4)(H,5,6)/b7-5+;. The van der Waals surface area contributed by atoms with E-state index in [2.05, 4.69) is 35.5 Å². The van der Waals surface area contributed by atoms with Gasteiger partial charge in [-0.05, 0) is 68.1 Å². The highest BCUT2D eigenvalue weighted by molar-refractivity contribution is 6.27. The minimum atomic E-state index is -1.82. The third-order valence-electron chi connectivity index (χ3n) is 4.77. The van der Waals surface area contributed by atoms with E-state index in [9.17, 15) is 0 Å². The molecule has 1 heterocycles. The topological polar surface area (TPSA) is 111 Å². The van der Waals surface area contributed by atoms with E-state index in [1.807, 2.05) is 43.6 Å². The zero-order valence-electron chi connectivity index (χ0n) is 18.7. The second kappa shape index (κ2) is 11.5. The van der Waals surface area contributed by atoms with E-state index in [-0.39, 0.29) is 0 Å². The number of nitrogens with zero attached hydrogens (tertiary/aromatic N) is 2. The summed E-state index contributed by atoms with van der Waals surface area (Å²) >= 11 is 0. The van der Waals surface area contributed by atoms with Gasteiger partial charge in [0.25, 0.3) is 0 Å². The van der Waals surface area contributed by atoms with E-state index in [0.717, 1.165) is 35.5 Å². The van der Waals surface area contributed by atoms with Crippen LogP contribution in [0.1, 0.15) is 30.0 Å². The van der Waals surface area contributed by atoms with Gasteiger partial charge in [-0.1, -0.05) is 18.2 Å². The first-order valence-electron chi connectivity index (χ1n) is 10.1. The average Bonchev–Trinajstić information content (AvgIpc) is 3.14. The van der Waals surface area contributed by atoms with Crippen LogP contribution in [-0.2, 0) is 16.1 Å². The molecular formula is C24H28N2O6. The second-order valence-electron chi connectivity index (χ2n) is 7.09. The van der Waals surface area contributed by atoms with Crippen LogP contribution >= 0.6 is 0 Å². The molecule has 3 aromatic rings. The summed E-state index contributed by atoms with van der Waals surface area (Å²) in [6.07, 6.45) is 6.86. The van der Waals surface area contributed by atoms with Crippen LogP contribution in [0.3, 0.4) is 0 Å². The van der Waals surface area contributed by atoms with Crippen molar-refractivity contribution < 1.29 is 29.3 Å². The summed E-state index contributed by atoms with van der Waals surface area (Å²) in [5, 5.41) is 14.8. The number of imidazole rings is 1. The van der Waals surface area contributed by atoms with Crippen LogP contribution in [0.15, 0.2) is 42.7 Å². The van der Waals surface area contributed by atoms with Crippen LogP contribution in [0.4, 0.5) is 0 Å². The van der Waals surface area contributed by atoms with E-state index < -0.39 is 11.9 Å². The monoisotopic (exact) mass is 440 g/mol. The molecule has 1 aromatic heterocycles. The summed E-state index contributed by atoms with van der Waals surface area (Å²) in [6.45, 7) is 7.76. The van der Waals surface area contributed by atoms with E-state index in [1.54, 1.807) is 7.11 Å². The molecule has 32 heavy (non-hydrogen) atoms. The highest BCUT2D eigenvalue weighted by atomic mass is 16.5. The Kier molecular flexibility index (Phi) is 8.83. The van der Waals surface area contributed by atoms with Gasteiger partial charge in [-0.25, -0.2) is 14.6 Å². The molecule has 0 radical (unpaired) electrons. The van der Waals surface area contributed by atoms with Gasteiger partial charge in [0.05, 0.1) is 31.1 Å². The molecule has 2 N–H and O–H groups in total. The third kappa shape index (κ3) is 6.60. The summed E-state index contributed by atoms with van der Waals surface area (Å²) < 4.78 is 13.6. The van der Waals surface area contributed by atoms with Crippen molar-refractivity contribution in [1.29, 1.82) is 0 Å². The number of allylic oxidation sites excluding steroid dienone is 1. The first-order valence-corrected chi connectivity index (χ1v) is 10.1. The smallest absolute Gasteiger partial charge is 0.414 e. The number of ether oxygens (including phenoxy) is 2. The quantitative estimate of drug-likeness (QED) is 0.416. The fourth-order valence-electron chi connectivity index (χ4n) is 3.01. The van der Waals surface area contributed by atoms with E-state index in [4.69, 9.17) is 29.3 Å². The second-order valence-corrected chi connectivity index (χ2v) is 7.09. The average molecular weight is 440 g/mol. The number of aryl methyl sites for hydroxylation is 3. The highest BCUT2D eigenvalue weighted by Gasteiger charge is 2.07. The van der Waals surface area contributed by atoms with Gasteiger partial charge in [0.1, 0.15) is 0 Å². The Hall–Kier alpha value is -3.81. The van der Waals surface area contributed by atoms with Crippen LogP contribution in [0.2, 0.25) is 0 Å². The van der Waals surface area contributed by atoms with Crippen molar-refractivity contribution in [3.05, 3.63) is 59.4 Å². The largest absolute Gasteiger partial charge is 0.493 e. The molecule has 0 unspecified atom stereocenters. The van der Waals surface area contributed by atoms with Crippen LogP contribution in [0.5, 0.6) is 11.5 Å². The Morgan fingerprint density at radius 1 is 1.06 bits per heavy atom. The molecule has 0 fully saturated rings. The molecule has 0 atom stereocenters. The Bertz CT molecular complexity index is 1110. The van der Waals surface area contributed by atoms with E-state index in [1.165, 1.54) is 16.6 Å². The minimum absolute atomic E-state index is 0.629. The number of aromatic nitrogens is 2. The van der Waals surface area contributed by atoms with Crippen LogP contribution < -0.4 is 9.47 Å². The fourth-order valence-corrected chi connectivity index (χ4v) is 3.01. The van der Waals surface area contributed by atoms with Crippen molar-refractivity contribution in [2.45, 2.75) is 33.7 Å². The molecule has 0 amide bonds. The predicted octanol–water partition coefficient (Wildman–Crippen LogP) is 4.32.